The number of halogens is 1. The highest BCUT2D eigenvalue weighted by molar-refractivity contribution is 9.10. The summed E-state index contributed by atoms with van der Waals surface area (Å²) in [5.41, 5.74) is 3.44. The first-order chi connectivity index (χ1) is 10.2. The lowest BCUT2D eigenvalue weighted by Gasteiger charge is -2.07. The molecule has 1 heterocycles. The van der Waals surface area contributed by atoms with Crippen molar-refractivity contribution < 1.29 is 0 Å². The van der Waals surface area contributed by atoms with Crippen LogP contribution < -0.4 is 10.6 Å². The molecule has 2 N–H and O–H groups in total. The fourth-order valence-electron chi connectivity index (χ4n) is 2.29. The van der Waals surface area contributed by atoms with Gasteiger partial charge in [0, 0.05) is 11.5 Å². The molecule has 0 fully saturated rings. The van der Waals surface area contributed by atoms with E-state index in [2.05, 4.69) is 45.3 Å². The molecule has 21 heavy (non-hydrogen) atoms. The number of hydrogen-bond donors (Lipinski definition) is 1. The first-order valence-electron chi connectivity index (χ1n) is 6.46. The van der Waals surface area contributed by atoms with Crippen LogP contribution in [-0.4, -0.2) is 4.57 Å². The molecule has 2 aromatic carbocycles. The Labute approximate surface area is 135 Å². The van der Waals surface area contributed by atoms with E-state index in [1.165, 1.54) is 10.4 Å². The van der Waals surface area contributed by atoms with E-state index in [9.17, 15) is 0 Å². The third-order valence-electron chi connectivity index (χ3n) is 3.29. The van der Waals surface area contributed by atoms with Crippen LogP contribution in [0.2, 0.25) is 0 Å². The number of nitrogens with two attached hydrogens (primary N) is 1. The Hall–Kier alpha value is -1.85. The largest absolute Gasteiger partial charge is 0.320 e. The number of aromatic nitrogens is 1. The van der Waals surface area contributed by atoms with Crippen molar-refractivity contribution in [2.75, 3.05) is 0 Å². The summed E-state index contributed by atoms with van der Waals surface area (Å²) in [4.78, 5) is 1.97. The van der Waals surface area contributed by atoms with E-state index in [0.29, 0.717) is 0 Å². The van der Waals surface area contributed by atoms with Gasteiger partial charge in [0.1, 0.15) is 0 Å². The Kier molecular flexibility index (Phi) is 3.94. The standard InChI is InChI=1S/C16H14BrN3S/c1-20-14(11-7-9-13(17)10-8-11)15(21-16(20)19-18)12-5-3-2-4-6-12/h2-10H,18H2,1H3/b19-16-. The van der Waals surface area contributed by atoms with Crippen molar-refractivity contribution in [2.24, 2.45) is 18.0 Å². The van der Waals surface area contributed by atoms with Crippen LogP contribution >= 0.6 is 27.3 Å². The van der Waals surface area contributed by atoms with Gasteiger partial charge < -0.3 is 10.4 Å². The van der Waals surface area contributed by atoms with Gasteiger partial charge in [-0.05, 0) is 23.3 Å². The van der Waals surface area contributed by atoms with Crippen LogP contribution in [0.3, 0.4) is 0 Å². The molecule has 0 bridgehead atoms. The van der Waals surface area contributed by atoms with E-state index in [1.807, 2.05) is 41.9 Å². The van der Waals surface area contributed by atoms with Crippen molar-refractivity contribution in [3.8, 4) is 21.7 Å². The van der Waals surface area contributed by atoms with Crippen LogP contribution in [0, 0.1) is 0 Å². The van der Waals surface area contributed by atoms with Gasteiger partial charge in [-0.3, -0.25) is 0 Å². The zero-order valence-electron chi connectivity index (χ0n) is 11.5. The van der Waals surface area contributed by atoms with E-state index in [-0.39, 0.29) is 0 Å². The predicted octanol–water partition coefficient (Wildman–Crippen LogP) is 3.96. The third-order valence-corrected chi connectivity index (χ3v) is 5.02. The Bertz CT molecular complexity index is 817. The molecule has 0 spiro atoms. The number of nitrogens with zero attached hydrogens (tertiary/aromatic N) is 2. The van der Waals surface area contributed by atoms with Crippen LogP contribution in [0.1, 0.15) is 0 Å². The summed E-state index contributed by atoms with van der Waals surface area (Å²) >= 11 is 5.07. The number of thiazole rings is 1. The number of hydrogen-bond acceptors (Lipinski definition) is 3. The lowest BCUT2D eigenvalue weighted by atomic mass is 10.1. The van der Waals surface area contributed by atoms with Gasteiger partial charge in [-0.25, -0.2) is 0 Å². The highest BCUT2D eigenvalue weighted by atomic mass is 79.9. The summed E-state index contributed by atoms with van der Waals surface area (Å²) in [6.07, 6.45) is 0. The van der Waals surface area contributed by atoms with Crippen LogP contribution in [0.15, 0.2) is 64.2 Å². The maximum absolute atomic E-state index is 5.52. The molecule has 3 aromatic rings. The summed E-state index contributed by atoms with van der Waals surface area (Å²) < 4.78 is 3.10. The monoisotopic (exact) mass is 359 g/mol. The van der Waals surface area contributed by atoms with Gasteiger partial charge in [0.15, 0.2) is 0 Å². The maximum Gasteiger partial charge on any atom is 0.208 e. The minimum absolute atomic E-state index is 0.798. The van der Waals surface area contributed by atoms with E-state index >= 15 is 0 Å². The first-order valence-corrected chi connectivity index (χ1v) is 8.07. The predicted molar refractivity (Wildman–Crippen MR) is 91.6 cm³/mol. The number of benzene rings is 2. The third kappa shape index (κ3) is 2.66. The van der Waals surface area contributed by atoms with Crippen molar-refractivity contribution in [2.45, 2.75) is 0 Å². The summed E-state index contributed by atoms with van der Waals surface area (Å²) in [5, 5.41) is 3.89. The van der Waals surface area contributed by atoms with Crippen LogP contribution in [-0.2, 0) is 7.05 Å². The van der Waals surface area contributed by atoms with Crippen molar-refractivity contribution >= 4 is 27.3 Å². The highest BCUT2D eigenvalue weighted by Gasteiger charge is 2.14. The molecule has 5 heteroatoms. The lowest BCUT2D eigenvalue weighted by Crippen LogP contribution is -2.13. The van der Waals surface area contributed by atoms with E-state index in [1.54, 1.807) is 11.3 Å². The van der Waals surface area contributed by atoms with E-state index in [4.69, 9.17) is 5.84 Å². The average molecular weight is 360 g/mol. The fourth-order valence-corrected chi connectivity index (χ4v) is 3.62. The molecule has 1 aromatic heterocycles. The molecular weight excluding hydrogens is 346 g/mol. The Morgan fingerprint density at radius 3 is 2.29 bits per heavy atom. The summed E-state index contributed by atoms with van der Waals surface area (Å²) in [6.45, 7) is 0. The number of rotatable bonds is 2. The van der Waals surface area contributed by atoms with Crippen LogP contribution in [0.25, 0.3) is 21.7 Å². The van der Waals surface area contributed by atoms with E-state index < -0.39 is 0 Å². The van der Waals surface area contributed by atoms with Gasteiger partial charge in [0.05, 0.1) is 10.6 Å². The first kappa shape index (κ1) is 14.1. The molecule has 3 nitrogen and oxygen atoms in total. The summed E-state index contributed by atoms with van der Waals surface area (Å²) in [7, 11) is 1.99. The molecule has 106 valence electrons. The smallest absolute Gasteiger partial charge is 0.208 e. The summed E-state index contributed by atoms with van der Waals surface area (Å²) in [5.74, 6) is 5.52. The van der Waals surface area contributed by atoms with E-state index in [0.717, 1.165) is 20.5 Å². The van der Waals surface area contributed by atoms with Crippen LogP contribution in [0.4, 0.5) is 0 Å². The molecule has 0 amide bonds. The zero-order chi connectivity index (χ0) is 14.8. The van der Waals surface area contributed by atoms with Gasteiger partial charge in [-0.15, -0.1) is 0 Å². The molecule has 0 saturated carbocycles. The molecule has 0 saturated heterocycles. The van der Waals surface area contributed by atoms with Crippen molar-refractivity contribution in [1.82, 2.24) is 4.57 Å². The Morgan fingerprint density at radius 2 is 1.67 bits per heavy atom. The summed E-state index contributed by atoms with van der Waals surface area (Å²) in [6, 6.07) is 18.6. The Balaban J connectivity index is 2.28. The van der Waals surface area contributed by atoms with Crippen molar-refractivity contribution in [3.05, 3.63) is 63.9 Å². The highest BCUT2D eigenvalue weighted by Crippen LogP contribution is 2.34. The quantitative estimate of drug-likeness (QED) is 0.546. The second kappa shape index (κ2) is 5.87. The topological polar surface area (TPSA) is 43.3 Å². The average Bonchev–Trinajstić information content (AvgIpc) is 2.86. The Morgan fingerprint density at radius 1 is 1.00 bits per heavy atom. The minimum atomic E-state index is 0.798. The van der Waals surface area contributed by atoms with Gasteiger partial charge in [0.2, 0.25) is 4.80 Å². The van der Waals surface area contributed by atoms with Gasteiger partial charge in [-0.2, -0.15) is 5.10 Å². The molecule has 0 aliphatic carbocycles. The van der Waals surface area contributed by atoms with Gasteiger partial charge >= 0.3 is 0 Å². The molecule has 0 aliphatic rings. The normalized spacial score (nSPS) is 11.8. The van der Waals surface area contributed by atoms with Gasteiger partial charge in [0.25, 0.3) is 0 Å². The SMILES string of the molecule is Cn1c(-c2ccc(Br)cc2)c(-c2ccccc2)s/c1=N\N. The molecule has 3 rings (SSSR count). The fraction of sp³-hybridized carbons (Fsp3) is 0.0625. The lowest BCUT2D eigenvalue weighted by molar-refractivity contribution is 0.863. The maximum atomic E-state index is 5.52. The molecule has 0 aliphatic heterocycles. The second-order valence-corrected chi connectivity index (χ2v) is 6.52. The van der Waals surface area contributed by atoms with Gasteiger partial charge in [-0.1, -0.05) is 69.7 Å². The van der Waals surface area contributed by atoms with Crippen LogP contribution in [0.5, 0.6) is 0 Å². The zero-order valence-corrected chi connectivity index (χ0v) is 13.9. The second-order valence-electron chi connectivity index (χ2n) is 4.62. The molecule has 0 unspecified atom stereocenters. The molecular formula is C16H14BrN3S. The molecule has 0 radical (unpaired) electrons. The van der Waals surface area contributed by atoms with Crippen molar-refractivity contribution in [3.63, 3.8) is 0 Å². The minimum Gasteiger partial charge on any atom is -0.320 e. The molecule has 0 atom stereocenters. The van der Waals surface area contributed by atoms with Crippen molar-refractivity contribution in [1.29, 1.82) is 0 Å².